The van der Waals surface area contributed by atoms with Crippen molar-refractivity contribution < 1.29 is 4.74 Å². The maximum absolute atomic E-state index is 5.87. The average molecular weight is 234 g/mol. The number of hydrogen-bond donors (Lipinski definition) is 1. The fraction of sp³-hybridized carbons (Fsp3) is 0.500. The van der Waals surface area contributed by atoms with Crippen LogP contribution in [0.2, 0.25) is 0 Å². The Balaban J connectivity index is 2.21. The van der Waals surface area contributed by atoms with Gasteiger partial charge in [-0.15, -0.1) is 0 Å². The number of amidine groups is 1. The van der Waals surface area contributed by atoms with Crippen molar-refractivity contribution in [2.45, 2.75) is 20.3 Å². The normalized spacial score (nSPS) is 12.1. The molecule has 3 nitrogen and oxygen atoms in total. The van der Waals surface area contributed by atoms with Crippen LogP contribution in [0, 0.1) is 5.92 Å². The molecule has 0 amide bonds. The number of nitrogens with zero attached hydrogens (tertiary/aromatic N) is 1. The predicted molar refractivity (Wildman–Crippen MR) is 72.3 cm³/mol. The Morgan fingerprint density at radius 3 is 2.65 bits per heavy atom. The Kier molecular flexibility index (Phi) is 6.33. The van der Waals surface area contributed by atoms with E-state index in [9.17, 15) is 0 Å². The van der Waals surface area contributed by atoms with Crippen LogP contribution in [0.25, 0.3) is 0 Å². The van der Waals surface area contributed by atoms with Gasteiger partial charge in [-0.3, -0.25) is 4.99 Å². The fourth-order valence-electron chi connectivity index (χ4n) is 1.39. The van der Waals surface area contributed by atoms with Gasteiger partial charge in [-0.1, -0.05) is 44.2 Å². The van der Waals surface area contributed by atoms with Crippen molar-refractivity contribution in [3.8, 4) is 0 Å². The maximum Gasteiger partial charge on any atom is 0.125 e. The lowest BCUT2D eigenvalue weighted by atomic mass is 10.2. The highest BCUT2D eigenvalue weighted by atomic mass is 16.5. The van der Waals surface area contributed by atoms with E-state index in [1.807, 2.05) is 30.3 Å². The molecule has 0 heterocycles. The Morgan fingerprint density at radius 2 is 2.00 bits per heavy atom. The van der Waals surface area contributed by atoms with Crippen molar-refractivity contribution in [2.24, 2.45) is 16.6 Å². The molecule has 0 fully saturated rings. The maximum atomic E-state index is 5.87. The molecule has 1 aromatic rings. The van der Waals surface area contributed by atoms with Crippen molar-refractivity contribution >= 4 is 5.84 Å². The molecular formula is C14H22N2O. The molecular weight excluding hydrogens is 212 g/mol. The van der Waals surface area contributed by atoms with Gasteiger partial charge in [-0.25, -0.2) is 0 Å². The topological polar surface area (TPSA) is 47.6 Å². The van der Waals surface area contributed by atoms with Crippen molar-refractivity contribution in [2.75, 3.05) is 19.8 Å². The molecule has 0 atom stereocenters. The van der Waals surface area contributed by atoms with Crippen LogP contribution < -0.4 is 5.73 Å². The average Bonchev–Trinajstić information content (AvgIpc) is 2.34. The first-order valence-corrected chi connectivity index (χ1v) is 6.13. The summed E-state index contributed by atoms with van der Waals surface area (Å²) in [5.41, 5.74) is 6.85. The minimum absolute atomic E-state index is 0.591. The molecule has 0 unspecified atom stereocenters. The number of benzene rings is 1. The van der Waals surface area contributed by atoms with Gasteiger partial charge in [0.1, 0.15) is 5.84 Å². The number of ether oxygens (including phenoxy) is 1. The van der Waals surface area contributed by atoms with Crippen LogP contribution >= 0.6 is 0 Å². The molecule has 0 bridgehead atoms. The molecule has 0 aliphatic rings. The monoisotopic (exact) mass is 234 g/mol. The third-order valence-electron chi connectivity index (χ3n) is 2.25. The smallest absolute Gasteiger partial charge is 0.125 e. The summed E-state index contributed by atoms with van der Waals surface area (Å²) in [6.45, 7) is 6.58. The van der Waals surface area contributed by atoms with Gasteiger partial charge in [-0.05, 0) is 12.3 Å². The fourth-order valence-corrected chi connectivity index (χ4v) is 1.39. The third-order valence-corrected chi connectivity index (χ3v) is 2.25. The molecule has 94 valence electrons. The summed E-state index contributed by atoms with van der Waals surface area (Å²) >= 11 is 0. The molecule has 0 aromatic heterocycles. The third kappa shape index (κ3) is 6.07. The lowest BCUT2D eigenvalue weighted by molar-refractivity contribution is 0.109. The summed E-state index contributed by atoms with van der Waals surface area (Å²) in [4.78, 5) is 4.33. The SMILES string of the molecule is CC(C)COCCCN=C(N)c1ccccc1. The van der Waals surface area contributed by atoms with Gasteiger partial charge in [0.05, 0.1) is 0 Å². The molecule has 0 saturated heterocycles. The van der Waals surface area contributed by atoms with E-state index >= 15 is 0 Å². The van der Waals surface area contributed by atoms with E-state index < -0.39 is 0 Å². The van der Waals surface area contributed by atoms with Crippen LogP contribution in [0.1, 0.15) is 25.8 Å². The predicted octanol–water partition coefficient (Wildman–Crippen LogP) is 2.45. The highest BCUT2D eigenvalue weighted by molar-refractivity contribution is 5.97. The Labute approximate surface area is 104 Å². The second-order valence-electron chi connectivity index (χ2n) is 4.46. The summed E-state index contributed by atoms with van der Waals surface area (Å²) in [5, 5.41) is 0. The highest BCUT2D eigenvalue weighted by Gasteiger charge is 1.96. The Bertz CT molecular complexity index is 333. The van der Waals surface area contributed by atoms with Crippen LogP contribution in [-0.2, 0) is 4.74 Å². The molecule has 0 saturated carbocycles. The van der Waals surface area contributed by atoms with Crippen molar-refractivity contribution in [3.63, 3.8) is 0 Å². The number of nitrogens with two attached hydrogens (primary N) is 1. The van der Waals surface area contributed by atoms with E-state index in [-0.39, 0.29) is 0 Å². The van der Waals surface area contributed by atoms with E-state index in [2.05, 4.69) is 18.8 Å². The molecule has 1 rings (SSSR count). The lowest BCUT2D eigenvalue weighted by Crippen LogP contribution is -2.14. The van der Waals surface area contributed by atoms with E-state index in [0.29, 0.717) is 11.8 Å². The van der Waals surface area contributed by atoms with Crippen LogP contribution in [-0.4, -0.2) is 25.6 Å². The van der Waals surface area contributed by atoms with Crippen molar-refractivity contribution in [1.82, 2.24) is 0 Å². The highest BCUT2D eigenvalue weighted by Crippen LogP contribution is 1.98. The van der Waals surface area contributed by atoms with Crippen LogP contribution in [0.15, 0.2) is 35.3 Å². The van der Waals surface area contributed by atoms with Crippen molar-refractivity contribution in [3.05, 3.63) is 35.9 Å². The number of aliphatic imine (C=N–C) groups is 1. The molecule has 0 aliphatic heterocycles. The first kappa shape index (κ1) is 13.7. The number of rotatable bonds is 7. The van der Waals surface area contributed by atoms with E-state index in [4.69, 9.17) is 10.5 Å². The Morgan fingerprint density at radius 1 is 1.29 bits per heavy atom. The zero-order valence-corrected chi connectivity index (χ0v) is 10.7. The zero-order chi connectivity index (χ0) is 12.5. The van der Waals surface area contributed by atoms with Gasteiger partial charge in [-0.2, -0.15) is 0 Å². The van der Waals surface area contributed by atoms with E-state index in [1.165, 1.54) is 0 Å². The summed E-state index contributed by atoms with van der Waals surface area (Å²) in [6, 6.07) is 9.83. The van der Waals surface area contributed by atoms with Crippen LogP contribution in [0.3, 0.4) is 0 Å². The quantitative estimate of drug-likeness (QED) is 0.447. The second-order valence-corrected chi connectivity index (χ2v) is 4.46. The Hall–Kier alpha value is -1.35. The van der Waals surface area contributed by atoms with E-state index in [0.717, 1.165) is 31.7 Å². The molecule has 0 spiro atoms. The summed E-state index contributed by atoms with van der Waals surface area (Å²) in [6.07, 6.45) is 0.917. The van der Waals surface area contributed by atoms with Crippen molar-refractivity contribution in [1.29, 1.82) is 0 Å². The van der Waals surface area contributed by atoms with Gasteiger partial charge in [0.15, 0.2) is 0 Å². The molecule has 17 heavy (non-hydrogen) atoms. The molecule has 2 N–H and O–H groups in total. The molecule has 0 radical (unpaired) electrons. The summed E-state index contributed by atoms with van der Waals surface area (Å²) in [7, 11) is 0. The van der Waals surface area contributed by atoms with Gasteiger partial charge in [0, 0.05) is 25.3 Å². The van der Waals surface area contributed by atoms with Crippen LogP contribution in [0.5, 0.6) is 0 Å². The largest absolute Gasteiger partial charge is 0.384 e. The van der Waals surface area contributed by atoms with Crippen LogP contribution in [0.4, 0.5) is 0 Å². The van der Waals surface area contributed by atoms with Gasteiger partial charge in [0.2, 0.25) is 0 Å². The second kappa shape index (κ2) is 7.85. The molecule has 3 heteroatoms. The lowest BCUT2D eigenvalue weighted by Gasteiger charge is -2.05. The van der Waals surface area contributed by atoms with Gasteiger partial charge >= 0.3 is 0 Å². The van der Waals surface area contributed by atoms with Gasteiger partial charge < -0.3 is 10.5 Å². The van der Waals surface area contributed by atoms with E-state index in [1.54, 1.807) is 0 Å². The zero-order valence-electron chi connectivity index (χ0n) is 10.7. The molecule has 1 aromatic carbocycles. The molecule has 0 aliphatic carbocycles. The first-order valence-electron chi connectivity index (χ1n) is 6.13. The van der Waals surface area contributed by atoms with Gasteiger partial charge in [0.25, 0.3) is 0 Å². The summed E-state index contributed by atoms with van der Waals surface area (Å²) in [5.74, 6) is 1.20. The standard InChI is InChI=1S/C14H22N2O/c1-12(2)11-17-10-6-9-16-14(15)13-7-4-3-5-8-13/h3-5,7-8,12H,6,9-11H2,1-2H3,(H2,15,16). The minimum Gasteiger partial charge on any atom is -0.384 e. The minimum atomic E-state index is 0.591. The number of hydrogen-bond acceptors (Lipinski definition) is 2. The summed E-state index contributed by atoms with van der Waals surface area (Å²) < 4.78 is 5.47. The first-order chi connectivity index (χ1) is 8.20.